The molecular weight excluding hydrogens is 254 g/mol. The van der Waals surface area contributed by atoms with E-state index in [0.29, 0.717) is 6.54 Å². The molecule has 0 spiro atoms. The van der Waals surface area contributed by atoms with Crippen LogP contribution in [-0.4, -0.2) is 39.5 Å². The van der Waals surface area contributed by atoms with Gasteiger partial charge in [0.15, 0.2) is 5.82 Å². The summed E-state index contributed by atoms with van der Waals surface area (Å²) in [6.07, 6.45) is 4.98. The van der Waals surface area contributed by atoms with Gasteiger partial charge in [-0.3, -0.25) is 5.10 Å². The number of anilines is 2. The lowest BCUT2D eigenvalue weighted by atomic mass is 10.1. The number of nitrogens with zero attached hydrogens (tertiary/aromatic N) is 3. The maximum Gasteiger partial charge on any atom is 0.151 e. The smallest absolute Gasteiger partial charge is 0.151 e. The highest BCUT2D eigenvalue weighted by Crippen LogP contribution is 2.26. The largest absolute Gasteiger partial charge is 0.393 e. The Hall–Kier alpha value is -2.08. The summed E-state index contributed by atoms with van der Waals surface area (Å²) in [5.74, 6) is 0.957. The van der Waals surface area contributed by atoms with Crippen molar-refractivity contribution in [3.05, 3.63) is 36.3 Å². The number of aliphatic hydroxyl groups is 1. The van der Waals surface area contributed by atoms with E-state index >= 15 is 0 Å². The normalized spacial score (nSPS) is 16.4. The van der Waals surface area contributed by atoms with Crippen molar-refractivity contribution in [2.24, 2.45) is 0 Å². The minimum atomic E-state index is -0.170. The van der Waals surface area contributed by atoms with Gasteiger partial charge in [-0.2, -0.15) is 5.10 Å². The first kappa shape index (κ1) is 12.9. The summed E-state index contributed by atoms with van der Waals surface area (Å²) in [4.78, 5) is 6.71. The second kappa shape index (κ2) is 5.92. The third-order valence-electron chi connectivity index (χ3n) is 3.58. The summed E-state index contributed by atoms with van der Waals surface area (Å²) in [6, 6.07) is 5.90. The average molecular weight is 273 g/mol. The monoisotopic (exact) mass is 273 g/mol. The quantitative estimate of drug-likeness (QED) is 0.784. The molecule has 106 valence electrons. The van der Waals surface area contributed by atoms with Gasteiger partial charge in [-0.25, -0.2) is 4.98 Å². The van der Waals surface area contributed by atoms with Crippen LogP contribution in [0.3, 0.4) is 0 Å². The number of nitrogens with one attached hydrogen (secondary N) is 2. The Morgan fingerprint density at radius 1 is 1.30 bits per heavy atom. The highest BCUT2D eigenvalue weighted by Gasteiger charge is 2.20. The highest BCUT2D eigenvalue weighted by molar-refractivity contribution is 5.65. The Kier molecular flexibility index (Phi) is 3.83. The topological polar surface area (TPSA) is 77.1 Å². The van der Waals surface area contributed by atoms with Crippen molar-refractivity contribution in [1.82, 2.24) is 15.2 Å². The summed E-state index contributed by atoms with van der Waals surface area (Å²) in [5, 5.41) is 19.9. The predicted molar refractivity (Wildman–Crippen MR) is 77.6 cm³/mol. The molecule has 0 aliphatic carbocycles. The number of aromatic nitrogens is 3. The fourth-order valence-electron chi connectivity index (χ4n) is 2.44. The first-order chi connectivity index (χ1) is 9.83. The molecule has 2 aromatic heterocycles. The van der Waals surface area contributed by atoms with Gasteiger partial charge in [0.2, 0.25) is 0 Å². The van der Waals surface area contributed by atoms with Crippen LogP contribution in [0.15, 0.2) is 30.6 Å². The molecule has 0 saturated carbocycles. The average Bonchev–Trinajstić information content (AvgIpc) is 3.00. The fraction of sp³-hybridized carbons (Fsp3) is 0.429. The van der Waals surface area contributed by atoms with Gasteiger partial charge in [0.25, 0.3) is 0 Å². The number of hydrogen-bond acceptors (Lipinski definition) is 5. The van der Waals surface area contributed by atoms with Crippen LogP contribution in [0.4, 0.5) is 11.5 Å². The molecule has 3 N–H and O–H groups in total. The number of piperidine rings is 1. The summed E-state index contributed by atoms with van der Waals surface area (Å²) in [7, 11) is 0. The van der Waals surface area contributed by atoms with Gasteiger partial charge in [0, 0.05) is 25.5 Å². The number of aromatic amines is 1. The molecule has 20 heavy (non-hydrogen) atoms. The molecule has 0 amide bonds. The van der Waals surface area contributed by atoms with Crippen LogP contribution in [0.5, 0.6) is 0 Å². The molecule has 0 aromatic carbocycles. The van der Waals surface area contributed by atoms with E-state index in [1.165, 1.54) is 0 Å². The number of hydrogen-bond donors (Lipinski definition) is 3. The van der Waals surface area contributed by atoms with Crippen molar-refractivity contribution in [3.63, 3.8) is 0 Å². The zero-order valence-corrected chi connectivity index (χ0v) is 11.3. The van der Waals surface area contributed by atoms with Crippen LogP contribution in [-0.2, 0) is 6.54 Å². The first-order valence-corrected chi connectivity index (χ1v) is 6.93. The van der Waals surface area contributed by atoms with E-state index in [2.05, 4.69) is 25.4 Å². The van der Waals surface area contributed by atoms with E-state index in [9.17, 15) is 5.11 Å². The molecule has 1 fully saturated rings. The van der Waals surface area contributed by atoms with E-state index in [4.69, 9.17) is 0 Å². The third kappa shape index (κ3) is 2.91. The molecule has 0 radical (unpaired) electrons. The lowest BCUT2D eigenvalue weighted by molar-refractivity contribution is 0.145. The number of H-pyrrole nitrogens is 1. The SMILES string of the molecule is OC1CCN(c2ncccc2NCc2ccn[nH]2)CC1. The van der Waals surface area contributed by atoms with Crippen molar-refractivity contribution < 1.29 is 5.11 Å². The minimum Gasteiger partial charge on any atom is -0.393 e. The van der Waals surface area contributed by atoms with E-state index in [0.717, 1.165) is 43.1 Å². The summed E-state index contributed by atoms with van der Waals surface area (Å²) in [6.45, 7) is 2.38. The van der Waals surface area contributed by atoms with Crippen molar-refractivity contribution in [3.8, 4) is 0 Å². The number of pyridine rings is 1. The number of aliphatic hydroxyl groups excluding tert-OH is 1. The van der Waals surface area contributed by atoms with Gasteiger partial charge in [0.1, 0.15) is 0 Å². The second-order valence-corrected chi connectivity index (χ2v) is 5.03. The van der Waals surface area contributed by atoms with Gasteiger partial charge in [0.05, 0.1) is 24.0 Å². The molecule has 0 unspecified atom stereocenters. The van der Waals surface area contributed by atoms with Crippen molar-refractivity contribution in [1.29, 1.82) is 0 Å². The van der Waals surface area contributed by atoms with E-state index in [1.807, 2.05) is 24.4 Å². The maximum absolute atomic E-state index is 9.60. The van der Waals surface area contributed by atoms with Crippen LogP contribution in [0, 0.1) is 0 Å². The standard InChI is InChI=1S/C14H19N5O/c20-12-4-8-19(9-5-12)14-13(2-1-6-15-14)16-10-11-3-7-17-18-11/h1-3,6-7,12,16,20H,4-5,8-10H2,(H,17,18). The Morgan fingerprint density at radius 2 is 2.15 bits per heavy atom. The minimum absolute atomic E-state index is 0.170. The molecule has 1 saturated heterocycles. The van der Waals surface area contributed by atoms with E-state index < -0.39 is 0 Å². The molecule has 1 aliphatic rings. The maximum atomic E-state index is 9.60. The molecule has 2 aromatic rings. The van der Waals surface area contributed by atoms with Crippen molar-refractivity contribution in [2.45, 2.75) is 25.5 Å². The number of rotatable bonds is 4. The highest BCUT2D eigenvalue weighted by atomic mass is 16.3. The molecule has 0 atom stereocenters. The molecular formula is C14H19N5O. The molecule has 3 heterocycles. The van der Waals surface area contributed by atoms with Crippen LogP contribution in [0.1, 0.15) is 18.5 Å². The summed E-state index contributed by atoms with van der Waals surface area (Å²) in [5.41, 5.74) is 2.05. The Bertz CT molecular complexity index is 534. The van der Waals surface area contributed by atoms with Gasteiger partial charge in [-0.15, -0.1) is 0 Å². The molecule has 3 rings (SSSR count). The fourth-order valence-corrected chi connectivity index (χ4v) is 2.44. The van der Waals surface area contributed by atoms with Crippen LogP contribution < -0.4 is 10.2 Å². The third-order valence-corrected chi connectivity index (χ3v) is 3.58. The first-order valence-electron chi connectivity index (χ1n) is 6.93. The molecule has 0 bridgehead atoms. The van der Waals surface area contributed by atoms with Crippen molar-refractivity contribution >= 4 is 11.5 Å². The van der Waals surface area contributed by atoms with E-state index in [1.54, 1.807) is 6.20 Å². The Morgan fingerprint density at radius 3 is 2.90 bits per heavy atom. The zero-order valence-electron chi connectivity index (χ0n) is 11.3. The summed E-state index contributed by atoms with van der Waals surface area (Å²) < 4.78 is 0. The zero-order chi connectivity index (χ0) is 13.8. The van der Waals surface area contributed by atoms with Crippen LogP contribution in [0.2, 0.25) is 0 Å². The summed E-state index contributed by atoms with van der Waals surface area (Å²) >= 11 is 0. The van der Waals surface area contributed by atoms with Gasteiger partial charge < -0.3 is 15.3 Å². The van der Waals surface area contributed by atoms with Crippen LogP contribution in [0.25, 0.3) is 0 Å². The Balaban J connectivity index is 1.71. The predicted octanol–water partition coefficient (Wildman–Crippen LogP) is 1.38. The molecule has 6 heteroatoms. The van der Waals surface area contributed by atoms with Gasteiger partial charge in [-0.1, -0.05) is 0 Å². The lowest BCUT2D eigenvalue weighted by Crippen LogP contribution is -2.36. The van der Waals surface area contributed by atoms with Gasteiger partial charge in [-0.05, 0) is 31.0 Å². The lowest BCUT2D eigenvalue weighted by Gasteiger charge is -2.31. The van der Waals surface area contributed by atoms with Crippen molar-refractivity contribution in [2.75, 3.05) is 23.3 Å². The van der Waals surface area contributed by atoms with Crippen LogP contribution >= 0.6 is 0 Å². The molecule has 6 nitrogen and oxygen atoms in total. The second-order valence-electron chi connectivity index (χ2n) is 5.03. The van der Waals surface area contributed by atoms with E-state index in [-0.39, 0.29) is 6.10 Å². The molecule has 1 aliphatic heterocycles. The van der Waals surface area contributed by atoms with Gasteiger partial charge >= 0.3 is 0 Å². The Labute approximate surface area is 117 Å².